The van der Waals surface area contributed by atoms with Crippen molar-refractivity contribution in [3.63, 3.8) is 0 Å². The van der Waals surface area contributed by atoms with Gasteiger partial charge in [0, 0.05) is 24.8 Å². The molecule has 2 rings (SSSR count). The predicted octanol–water partition coefficient (Wildman–Crippen LogP) is 4.23. The van der Waals surface area contributed by atoms with Gasteiger partial charge in [-0.05, 0) is 57.9 Å². The van der Waals surface area contributed by atoms with Gasteiger partial charge in [0.05, 0.1) is 5.56 Å². The number of piperidine rings is 1. The van der Waals surface area contributed by atoms with Gasteiger partial charge >= 0.3 is 18.3 Å². The Kier molecular flexibility index (Phi) is 6.22. The average Bonchev–Trinajstić information content (AvgIpc) is 2.53. The summed E-state index contributed by atoms with van der Waals surface area (Å²) in [5, 5.41) is 5.32. The number of alkyl carbamates (subject to hydrolysis) is 1. The molecule has 1 aliphatic heterocycles. The third-order valence-electron chi connectivity index (χ3n) is 3.89. The van der Waals surface area contributed by atoms with Gasteiger partial charge in [-0.1, -0.05) is 0 Å². The number of likely N-dealkylation sites (tertiary alicyclic amines) is 1. The second-order valence-corrected chi connectivity index (χ2v) is 7.44. The molecule has 6 nitrogen and oxygen atoms in total. The van der Waals surface area contributed by atoms with Crippen molar-refractivity contribution in [1.82, 2.24) is 10.2 Å². The lowest BCUT2D eigenvalue weighted by Gasteiger charge is -2.33. The van der Waals surface area contributed by atoms with Crippen LogP contribution in [0.1, 0.15) is 39.2 Å². The Balaban J connectivity index is 1.90. The van der Waals surface area contributed by atoms with Gasteiger partial charge in [-0.25, -0.2) is 9.59 Å². The van der Waals surface area contributed by atoms with Crippen molar-refractivity contribution in [2.75, 3.05) is 18.4 Å². The van der Waals surface area contributed by atoms with E-state index in [0.717, 1.165) is 12.1 Å². The Morgan fingerprint density at radius 3 is 2.33 bits per heavy atom. The van der Waals surface area contributed by atoms with Crippen molar-refractivity contribution >= 4 is 17.8 Å². The number of amides is 3. The maximum atomic E-state index is 12.6. The SMILES string of the molecule is CC(C)(C)OC(=O)NC1CCCN(C(=O)Nc2ccc(C(F)(F)F)cc2)C1. The van der Waals surface area contributed by atoms with Crippen molar-refractivity contribution in [3.05, 3.63) is 29.8 Å². The summed E-state index contributed by atoms with van der Waals surface area (Å²) in [7, 11) is 0. The third kappa shape index (κ3) is 6.65. The zero-order valence-corrected chi connectivity index (χ0v) is 15.5. The summed E-state index contributed by atoms with van der Waals surface area (Å²) < 4.78 is 43.0. The molecule has 9 heteroatoms. The topological polar surface area (TPSA) is 70.7 Å². The fraction of sp³-hybridized carbons (Fsp3) is 0.556. The molecule has 1 aromatic rings. The van der Waals surface area contributed by atoms with E-state index < -0.39 is 29.5 Å². The van der Waals surface area contributed by atoms with Crippen molar-refractivity contribution in [3.8, 4) is 0 Å². The van der Waals surface area contributed by atoms with Crippen LogP contribution in [-0.4, -0.2) is 41.8 Å². The van der Waals surface area contributed by atoms with E-state index in [1.807, 2.05) is 0 Å². The molecule has 1 heterocycles. The van der Waals surface area contributed by atoms with E-state index in [9.17, 15) is 22.8 Å². The summed E-state index contributed by atoms with van der Waals surface area (Å²) in [4.78, 5) is 25.7. The van der Waals surface area contributed by atoms with Crippen molar-refractivity contribution in [1.29, 1.82) is 0 Å². The van der Waals surface area contributed by atoms with Crippen LogP contribution in [0, 0.1) is 0 Å². The number of halogens is 3. The summed E-state index contributed by atoms with van der Waals surface area (Å²) in [6, 6.07) is 3.58. The molecule has 0 bridgehead atoms. The molecule has 3 amide bonds. The number of nitrogens with one attached hydrogen (secondary N) is 2. The van der Waals surface area contributed by atoms with Crippen LogP contribution in [0.5, 0.6) is 0 Å². The van der Waals surface area contributed by atoms with Crippen molar-refractivity contribution in [2.45, 2.75) is 51.4 Å². The van der Waals surface area contributed by atoms with Crippen LogP contribution >= 0.6 is 0 Å². The Morgan fingerprint density at radius 2 is 1.78 bits per heavy atom. The average molecular weight is 387 g/mol. The van der Waals surface area contributed by atoms with Crippen LogP contribution in [-0.2, 0) is 10.9 Å². The van der Waals surface area contributed by atoms with Crippen LogP contribution in [0.25, 0.3) is 0 Å². The highest BCUT2D eigenvalue weighted by atomic mass is 19.4. The molecule has 1 unspecified atom stereocenters. The van der Waals surface area contributed by atoms with Gasteiger partial charge in [0.25, 0.3) is 0 Å². The number of carbonyl (C=O) groups excluding carboxylic acids is 2. The van der Waals surface area contributed by atoms with E-state index in [2.05, 4.69) is 10.6 Å². The molecule has 0 saturated carbocycles. The van der Waals surface area contributed by atoms with E-state index >= 15 is 0 Å². The van der Waals surface area contributed by atoms with Crippen LogP contribution < -0.4 is 10.6 Å². The maximum Gasteiger partial charge on any atom is 0.416 e. The molecule has 1 aromatic carbocycles. The van der Waals surface area contributed by atoms with E-state index in [0.29, 0.717) is 25.9 Å². The largest absolute Gasteiger partial charge is 0.444 e. The maximum absolute atomic E-state index is 12.6. The van der Waals surface area contributed by atoms with E-state index in [1.165, 1.54) is 17.0 Å². The first-order chi connectivity index (χ1) is 12.4. The van der Waals surface area contributed by atoms with E-state index in [-0.39, 0.29) is 11.7 Å². The molecule has 1 atom stereocenters. The van der Waals surface area contributed by atoms with Crippen LogP contribution in [0.4, 0.5) is 28.4 Å². The molecule has 0 aromatic heterocycles. The smallest absolute Gasteiger partial charge is 0.416 e. The minimum absolute atomic E-state index is 0.244. The summed E-state index contributed by atoms with van der Waals surface area (Å²) in [5.41, 5.74) is -1.12. The molecule has 0 radical (unpaired) electrons. The Hall–Kier alpha value is -2.45. The highest BCUT2D eigenvalue weighted by Gasteiger charge is 2.30. The minimum atomic E-state index is -4.42. The Morgan fingerprint density at radius 1 is 1.15 bits per heavy atom. The highest BCUT2D eigenvalue weighted by molar-refractivity contribution is 5.89. The second-order valence-electron chi connectivity index (χ2n) is 7.44. The zero-order chi connectivity index (χ0) is 20.2. The molecule has 1 fully saturated rings. The minimum Gasteiger partial charge on any atom is -0.444 e. The number of anilines is 1. The fourth-order valence-corrected chi connectivity index (χ4v) is 2.70. The van der Waals surface area contributed by atoms with Gasteiger partial charge in [0.2, 0.25) is 0 Å². The molecule has 27 heavy (non-hydrogen) atoms. The number of hydrogen-bond acceptors (Lipinski definition) is 3. The monoisotopic (exact) mass is 387 g/mol. The zero-order valence-electron chi connectivity index (χ0n) is 15.5. The van der Waals surface area contributed by atoms with Gasteiger partial charge in [-0.3, -0.25) is 0 Å². The number of rotatable bonds is 2. The molecule has 2 N–H and O–H groups in total. The van der Waals surface area contributed by atoms with Gasteiger partial charge in [0.15, 0.2) is 0 Å². The summed E-state index contributed by atoms with van der Waals surface area (Å²) >= 11 is 0. The highest BCUT2D eigenvalue weighted by Crippen LogP contribution is 2.29. The first-order valence-electron chi connectivity index (χ1n) is 8.67. The number of urea groups is 1. The van der Waals surface area contributed by atoms with Crippen LogP contribution in [0.3, 0.4) is 0 Å². The molecule has 1 aliphatic rings. The Labute approximate surface area is 156 Å². The fourth-order valence-electron chi connectivity index (χ4n) is 2.70. The van der Waals surface area contributed by atoms with E-state index in [1.54, 1.807) is 20.8 Å². The van der Waals surface area contributed by atoms with E-state index in [4.69, 9.17) is 4.74 Å². The first-order valence-corrected chi connectivity index (χ1v) is 8.67. The number of nitrogens with zero attached hydrogens (tertiary/aromatic N) is 1. The van der Waals surface area contributed by atoms with Crippen molar-refractivity contribution < 1.29 is 27.5 Å². The molecular formula is C18H24F3N3O3. The normalized spacial score (nSPS) is 18.0. The van der Waals surface area contributed by atoms with Gasteiger partial charge < -0.3 is 20.3 Å². The third-order valence-corrected chi connectivity index (χ3v) is 3.89. The second kappa shape index (κ2) is 8.06. The van der Waals surface area contributed by atoms with Gasteiger partial charge in [0.1, 0.15) is 5.60 Å². The quantitative estimate of drug-likeness (QED) is 0.798. The molecule has 1 saturated heterocycles. The molecular weight excluding hydrogens is 363 g/mol. The number of ether oxygens (including phenoxy) is 1. The first kappa shape index (κ1) is 20.9. The lowest BCUT2D eigenvalue weighted by atomic mass is 10.1. The Bertz CT molecular complexity index is 669. The van der Waals surface area contributed by atoms with Crippen LogP contribution in [0.2, 0.25) is 0 Å². The summed E-state index contributed by atoms with van der Waals surface area (Å²) in [6.45, 7) is 6.08. The van der Waals surface area contributed by atoms with Crippen LogP contribution in [0.15, 0.2) is 24.3 Å². The summed E-state index contributed by atoms with van der Waals surface area (Å²) in [5.74, 6) is 0. The predicted molar refractivity (Wildman–Crippen MR) is 94.4 cm³/mol. The standard InChI is InChI=1S/C18H24F3N3O3/c1-17(2,3)27-16(26)23-14-5-4-10-24(11-14)15(25)22-13-8-6-12(7-9-13)18(19,20)21/h6-9,14H,4-5,10-11H2,1-3H3,(H,22,25)(H,23,26). The lowest BCUT2D eigenvalue weighted by Crippen LogP contribution is -2.51. The van der Waals surface area contributed by atoms with Gasteiger partial charge in [-0.2, -0.15) is 13.2 Å². The number of alkyl halides is 3. The molecule has 150 valence electrons. The van der Waals surface area contributed by atoms with Crippen molar-refractivity contribution in [2.24, 2.45) is 0 Å². The number of carbonyl (C=O) groups is 2. The molecule has 0 spiro atoms. The summed E-state index contributed by atoms with van der Waals surface area (Å²) in [6.07, 6.45) is -3.56. The lowest BCUT2D eigenvalue weighted by molar-refractivity contribution is -0.137. The van der Waals surface area contributed by atoms with Gasteiger partial charge in [-0.15, -0.1) is 0 Å². The number of hydrogen-bond donors (Lipinski definition) is 2. The molecule has 0 aliphatic carbocycles. The number of benzene rings is 1.